The number of likely N-dealkylation sites (N-methyl/N-ethyl adjacent to an activating group) is 1. The van der Waals surface area contributed by atoms with Crippen LogP contribution in [0.2, 0.25) is 0 Å². The van der Waals surface area contributed by atoms with Crippen molar-refractivity contribution in [2.45, 2.75) is 25.8 Å². The van der Waals surface area contributed by atoms with Gasteiger partial charge in [0.15, 0.2) is 5.65 Å². The number of methoxy groups -OCH3 is 2. The van der Waals surface area contributed by atoms with Gasteiger partial charge in [-0.2, -0.15) is 5.10 Å². The van der Waals surface area contributed by atoms with Gasteiger partial charge in [0, 0.05) is 37.8 Å². The van der Waals surface area contributed by atoms with E-state index in [0.717, 1.165) is 42.7 Å². The molecule has 166 valence electrons. The number of nitrogens with zero attached hydrogens (tertiary/aromatic N) is 5. The van der Waals surface area contributed by atoms with Crippen LogP contribution in [0.5, 0.6) is 11.5 Å². The Morgan fingerprint density at radius 2 is 1.94 bits per heavy atom. The first-order chi connectivity index (χ1) is 15.6. The first-order valence-corrected chi connectivity index (χ1v) is 10.7. The number of nitrogens with one attached hydrogen (secondary N) is 1. The van der Waals surface area contributed by atoms with Crippen molar-refractivity contribution in [1.82, 2.24) is 25.1 Å². The molecule has 32 heavy (non-hydrogen) atoms. The van der Waals surface area contributed by atoms with E-state index in [0.29, 0.717) is 28.9 Å². The van der Waals surface area contributed by atoms with Crippen molar-refractivity contribution < 1.29 is 9.47 Å². The van der Waals surface area contributed by atoms with Gasteiger partial charge in [0.05, 0.1) is 19.6 Å². The Hall–Kier alpha value is -3.73. The zero-order valence-corrected chi connectivity index (χ0v) is 18.9. The number of ether oxygens (including phenoxy) is 2. The molecule has 1 saturated heterocycles. The molecule has 8 heteroatoms. The smallest absolute Gasteiger partial charge is 0.162 e. The lowest BCUT2D eigenvalue weighted by Gasteiger charge is -2.37. The molecule has 3 aromatic rings. The first kappa shape index (κ1) is 21.5. The number of allylic oxidation sites excluding steroid dienone is 1. The number of anilines is 1. The Bertz CT molecular complexity index is 1150. The third-order valence-electron chi connectivity index (χ3n) is 5.68. The summed E-state index contributed by atoms with van der Waals surface area (Å²) in [6, 6.07) is 5.89. The number of aromatic nitrogens is 4. The fourth-order valence-electron chi connectivity index (χ4n) is 4.03. The Morgan fingerprint density at radius 3 is 2.66 bits per heavy atom. The van der Waals surface area contributed by atoms with E-state index < -0.39 is 0 Å². The molecule has 0 aliphatic carbocycles. The van der Waals surface area contributed by atoms with Gasteiger partial charge in [0.2, 0.25) is 0 Å². The fourth-order valence-corrected chi connectivity index (χ4v) is 4.03. The van der Waals surface area contributed by atoms with Gasteiger partial charge in [-0.1, -0.05) is 12.0 Å². The molecule has 1 aromatic carbocycles. The molecule has 1 fully saturated rings. The topological polar surface area (TPSA) is 79.4 Å². The molecule has 1 unspecified atom stereocenters. The molecule has 8 nitrogen and oxygen atoms in total. The van der Waals surface area contributed by atoms with Crippen molar-refractivity contribution in [3.63, 3.8) is 0 Å². The predicted octanol–water partition coefficient (Wildman–Crippen LogP) is 3.20. The highest BCUT2D eigenvalue weighted by molar-refractivity contribution is 5.91. The average molecular weight is 433 g/mol. The van der Waals surface area contributed by atoms with Crippen LogP contribution >= 0.6 is 0 Å². The number of hydrogen-bond donors (Lipinski definition) is 1. The lowest BCUT2D eigenvalue weighted by molar-refractivity contribution is 0.275. The van der Waals surface area contributed by atoms with Crippen molar-refractivity contribution >= 4 is 16.9 Å². The molecule has 2 aromatic heterocycles. The zero-order valence-electron chi connectivity index (χ0n) is 18.9. The van der Waals surface area contributed by atoms with Crippen LogP contribution in [0, 0.1) is 11.8 Å². The number of piperidine rings is 1. The molecule has 0 spiro atoms. The summed E-state index contributed by atoms with van der Waals surface area (Å²) in [6.07, 6.45) is 8.07. The average Bonchev–Trinajstić information content (AvgIpc) is 3.25. The van der Waals surface area contributed by atoms with Gasteiger partial charge >= 0.3 is 0 Å². The number of fused-ring (bicyclic) bond motifs is 1. The van der Waals surface area contributed by atoms with Gasteiger partial charge in [0.25, 0.3) is 0 Å². The van der Waals surface area contributed by atoms with Gasteiger partial charge in [0.1, 0.15) is 29.3 Å². The van der Waals surface area contributed by atoms with Crippen molar-refractivity contribution in [2.75, 3.05) is 39.3 Å². The Labute approximate surface area is 188 Å². The standard InChI is InChI=1S/C24H28N6O2/c1-5-10-30-11-6-7-18(15-30)29(2)24-22-21(27-28-23(22)25-16-26-24)9-8-17-12-19(31-3)14-20(13-17)32-4/h5,10,12-14,16,18H,6-7,11,15H2,1-4H3,(H,25,26,27,28). The maximum atomic E-state index is 5.34. The summed E-state index contributed by atoms with van der Waals surface area (Å²) < 4.78 is 10.7. The lowest BCUT2D eigenvalue weighted by atomic mass is 10.0. The van der Waals surface area contributed by atoms with Gasteiger partial charge in [-0.25, -0.2) is 9.97 Å². The van der Waals surface area contributed by atoms with Gasteiger partial charge in [-0.05, 0) is 44.0 Å². The minimum Gasteiger partial charge on any atom is -0.497 e. The molecule has 1 aliphatic rings. The minimum atomic E-state index is 0.344. The normalized spacial score (nSPS) is 16.1. The van der Waals surface area contributed by atoms with E-state index in [4.69, 9.17) is 9.47 Å². The van der Waals surface area contributed by atoms with Crippen LogP contribution in [0.15, 0.2) is 36.8 Å². The van der Waals surface area contributed by atoms with Crippen LogP contribution in [0.1, 0.15) is 31.0 Å². The highest BCUT2D eigenvalue weighted by atomic mass is 16.5. The summed E-state index contributed by atoms with van der Waals surface area (Å²) in [7, 11) is 5.33. The first-order valence-electron chi connectivity index (χ1n) is 10.7. The number of likely N-dealkylation sites (tertiary alicyclic amines) is 1. The predicted molar refractivity (Wildman–Crippen MR) is 125 cm³/mol. The van der Waals surface area contributed by atoms with Crippen LogP contribution in [-0.4, -0.2) is 65.5 Å². The van der Waals surface area contributed by atoms with E-state index in [-0.39, 0.29) is 0 Å². The van der Waals surface area contributed by atoms with E-state index in [1.54, 1.807) is 20.5 Å². The highest BCUT2D eigenvalue weighted by Gasteiger charge is 2.25. The maximum absolute atomic E-state index is 5.34. The number of rotatable bonds is 5. The highest BCUT2D eigenvalue weighted by Crippen LogP contribution is 2.28. The molecule has 3 heterocycles. The second-order valence-electron chi connectivity index (χ2n) is 7.73. The summed E-state index contributed by atoms with van der Waals surface area (Å²) in [5.41, 5.74) is 2.07. The molecule has 1 aliphatic heterocycles. The number of hydrogen-bond acceptors (Lipinski definition) is 7. The zero-order chi connectivity index (χ0) is 22.5. The molecule has 0 bridgehead atoms. The number of aromatic amines is 1. The molecular formula is C24H28N6O2. The molecule has 0 amide bonds. The summed E-state index contributed by atoms with van der Waals surface area (Å²) in [5, 5.41) is 8.25. The Kier molecular flexibility index (Phi) is 6.45. The van der Waals surface area contributed by atoms with Crippen LogP contribution in [-0.2, 0) is 0 Å². The van der Waals surface area contributed by atoms with E-state index in [9.17, 15) is 0 Å². The Balaban J connectivity index is 1.68. The van der Waals surface area contributed by atoms with E-state index in [1.165, 1.54) is 0 Å². The SMILES string of the molecule is CC=CN1CCCC(N(C)c2ncnc3[nH]nc(C#Cc4cc(OC)cc(OC)c4)c23)C1. The van der Waals surface area contributed by atoms with Crippen LogP contribution < -0.4 is 14.4 Å². The minimum absolute atomic E-state index is 0.344. The second kappa shape index (κ2) is 9.60. The molecule has 0 radical (unpaired) electrons. The fraction of sp³-hybridized carbons (Fsp3) is 0.375. The molecule has 0 saturated carbocycles. The second-order valence-corrected chi connectivity index (χ2v) is 7.73. The van der Waals surface area contributed by atoms with Gasteiger partial charge in [-0.15, -0.1) is 0 Å². The third kappa shape index (κ3) is 4.47. The number of H-pyrrole nitrogens is 1. The monoisotopic (exact) mass is 432 g/mol. The summed E-state index contributed by atoms with van der Waals surface area (Å²) in [4.78, 5) is 13.6. The van der Waals surface area contributed by atoms with E-state index >= 15 is 0 Å². The van der Waals surface area contributed by atoms with Gasteiger partial charge < -0.3 is 19.3 Å². The van der Waals surface area contributed by atoms with Gasteiger partial charge in [-0.3, -0.25) is 5.10 Å². The van der Waals surface area contributed by atoms with Crippen LogP contribution in [0.25, 0.3) is 11.0 Å². The molecule has 1 atom stereocenters. The summed E-state index contributed by atoms with van der Waals surface area (Å²) >= 11 is 0. The quantitative estimate of drug-likeness (QED) is 0.620. The van der Waals surface area contributed by atoms with Crippen molar-refractivity contribution in [3.8, 4) is 23.3 Å². The maximum Gasteiger partial charge on any atom is 0.162 e. The Morgan fingerprint density at radius 1 is 1.16 bits per heavy atom. The van der Waals surface area contributed by atoms with E-state index in [2.05, 4.69) is 68.1 Å². The lowest BCUT2D eigenvalue weighted by Crippen LogP contribution is -2.45. The van der Waals surface area contributed by atoms with E-state index in [1.807, 2.05) is 18.2 Å². The van der Waals surface area contributed by atoms with Crippen LogP contribution in [0.4, 0.5) is 5.82 Å². The van der Waals surface area contributed by atoms with Crippen molar-refractivity contribution in [3.05, 3.63) is 48.1 Å². The number of benzene rings is 1. The third-order valence-corrected chi connectivity index (χ3v) is 5.68. The van der Waals surface area contributed by atoms with Crippen LogP contribution in [0.3, 0.4) is 0 Å². The van der Waals surface area contributed by atoms with Crippen molar-refractivity contribution in [1.29, 1.82) is 0 Å². The summed E-state index contributed by atoms with van der Waals surface area (Å²) in [6.45, 7) is 4.09. The molecule has 4 rings (SSSR count). The largest absolute Gasteiger partial charge is 0.497 e. The summed E-state index contributed by atoms with van der Waals surface area (Å²) in [5.74, 6) is 8.57. The van der Waals surface area contributed by atoms with Crippen molar-refractivity contribution in [2.24, 2.45) is 0 Å². The molecular weight excluding hydrogens is 404 g/mol. The molecule has 1 N–H and O–H groups in total.